The van der Waals surface area contributed by atoms with Gasteiger partial charge in [0.25, 0.3) is 0 Å². The van der Waals surface area contributed by atoms with Crippen molar-refractivity contribution >= 4 is 15.9 Å². The monoisotopic (exact) mass is 258 g/mol. The van der Waals surface area contributed by atoms with Gasteiger partial charge in [0.2, 0.25) is 0 Å². The first-order chi connectivity index (χ1) is 6.63. The highest BCUT2D eigenvalue weighted by molar-refractivity contribution is 9.10. The third-order valence-corrected chi connectivity index (χ3v) is 2.58. The maximum atomic E-state index is 5.57. The summed E-state index contributed by atoms with van der Waals surface area (Å²) in [4.78, 5) is 0. The van der Waals surface area contributed by atoms with Crippen LogP contribution in [-0.4, -0.2) is 19.8 Å². The number of hydrogen-bond acceptors (Lipinski definition) is 2. The Labute approximate surface area is 93.4 Å². The second-order valence-corrected chi connectivity index (χ2v) is 4.15. The highest BCUT2D eigenvalue weighted by Crippen LogP contribution is 2.25. The van der Waals surface area contributed by atoms with Crippen LogP contribution in [0.3, 0.4) is 0 Å². The van der Waals surface area contributed by atoms with Crippen molar-refractivity contribution in [3.63, 3.8) is 0 Å². The number of ether oxygens (including phenoxy) is 2. The quantitative estimate of drug-likeness (QED) is 0.826. The minimum absolute atomic E-state index is 0.114. The molecular formula is C11H15BrO2. The summed E-state index contributed by atoms with van der Waals surface area (Å²) in [7, 11) is 1.68. The van der Waals surface area contributed by atoms with Crippen molar-refractivity contribution < 1.29 is 9.47 Å². The summed E-state index contributed by atoms with van der Waals surface area (Å²) >= 11 is 3.45. The van der Waals surface area contributed by atoms with Gasteiger partial charge in [-0.1, -0.05) is 6.07 Å². The van der Waals surface area contributed by atoms with Gasteiger partial charge >= 0.3 is 0 Å². The largest absolute Gasteiger partial charge is 0.490 e. The smallest absolute Gasteiger partial charge is 0.133 e. The lowest BCUT2D eigenvalue weighted by Crippen LogP contribution is -2.16. The van der Waals surface area contributed by atoms with Gasteiger partial charge in [-0.15, -0.1) is 0 Å². The van der Waals surface area contributed by atoms with E-state index in [0.29, 0.717) is 6.61 Å². The van der Waals surface area contributed by atoms with Crippen LogP contribution in [0.2, 0.25) is 0 Å². The van der Waals surface area contributed by atoms with Crippen LogP contribution in [0, 0.1) is 6.92 Å². The van der Waals surface area contributed by atoms with E-state index in [9.17, 15) is 0 Å². The lowest BCUT2D eigenvalue weighted by Gasteiger charge is -2.12. The molecule has 0 aliphatic rings. The summed E-state index contributed by atoms with van der Waals surface area (Å²) < 4.78 is 11.7. The zero-order valence-electron chi connectivity index (χ0n) is 8.71. The normalized spacial score (nSPS) is 12.6. The average Bonchev–Trinajstić information content (AvgIpc) is 2.16. The van der Waals surface area contributed by atoms with Crippen molar-refractivity contribution in [2.75, 3.05) is 13.7 Å². The third kappa shape index (κ3) is 3.31. The van der Waals surface area contributed by atoms with E-state index in [1.54, 1.807) is 7.11 Å². The van der Waals surface area contributed by atoms with Gasteiger partial charge in [0.1, 0.15) is 12.4 Å². The zero-order valence-corrected chi connectivity index (χ0v) is 10.3. The van der Waals surface area contributed by atoms with Crippen LogP contribution in [0.1, 0.15) is 12.5 Å². The van der Waals surface area contributed by atoms with Crippen LogP contribution in [-0.2, 0) is 4.74 Å². The van der Waals surface area contributed by atoms with Gasteiger partial charge in [-0.05, 0) is 47.5 Å². The maximum absolute atomic E-state index is 5.57. The van der Waals surface area contributed by atoms with Crippen LogP contribution >= 0.6 is 15.9 Å². The fourth-order valence-electron chi connectivity index (χ4n) is 0.998. The second kappa shape index (κ2) is 5.37. The number of hydrogen-bond donors (Lipinski definition) is 0. The van der Waals surface area contributed by atoms with Crippen LogP contribution < -0.4 is 4.74 Å². The molecule has 0 unspecified atom stereocenters. The van der Waals surface area contributed by atoms with E-state index in [4.69, 9.17) is 9.47 Å². The van der Waals surface area contributed by atoms with Crippen molar-refractivity contribution in [3.05, 3.63) is 28.2 Å². The number of rotatable bonds is 4. The van der Waals surface area contributed by atoms with E-state index in [1.807, 2.05) is 32.0 Å². The molecule has 78 valence electrons. The molecule has 1 aromatic rings. The molecular weight excluding hydrogens is 244 g/mol. The van der Waals surface area contributed by atoms with Gasteiger partial charge in [0.15, 0.2) is 0 Å². The summed E-state index contributed by atoms with van der Waals surface area (Å²) in [5.74, 6) is 0.861. The summed E-state index contributed by atoms with van der Waals surface area (Å²) in [6.45, 7) is 4.59. The molecule has 1 rings (SSSR count). The van der Waals surface area contributed by atoms with E-state index >= 15 is 0 Å². The minimum Gasteiger partial charge on any atom is -0.490 e. The Hall–Kier alpha value is -0.540. The number of methoxy groups -OCH3 is 1. The van der Waals surface area contributed by atoms with Gasteiger partial charge in [-0.3, -0.25) is 0 Å². The first-order valence-corrected chi connectivity index (χ1v) is 5.34. The Kier molecular flexibility index (Phi) is 4.42. The molecule has 1 atom stereocenters. The fourth-order valence-corrected chi connectivity index (χ4v) is 1.61. The van der Waals surface area contributed by atoms with Gasteiger partial charge in [0, 0.05) is 7.11 Å². The van der Waals surface area contributed by atoms with Crippen molar-refractivity contribution in [2.45, 2.75) is 20.0 Å². The van der Waals surface area contributed by atoms with E-state index in [2.05, 4.69) is 15.9 Å². The zero-order chi connectivity index (χ0) is 10.6. The predicted octanol–water partition coefficient (Wildman–Crippen LogP) is 3.17. The van der Waals surface area contributed by atoms with Gasteiger partial charge in [0.05, 0.1) is 10.6 Å². The molecule has 1 aromatic carbocycles. The Morgan fingerprint density at radius 2 is 2.14 bits per heavy atom. The lowest BCUT2D eigenvalue weighted by atomic mass is 10.2. The second-order valence-electron chi connectivity index (χ2n) is 3.29. The average molecular weight is 259 g/mol. The van der Waals surface area contributed by atoms with Crippen molar-refractivity contribution in [3.8, 4) is 5.75 Å². The Balaban J connectivity index is 2.59. The maximum Gasteiger partial charge on any atom is 0.133 e. The van der Waals surface area contributed by atoms with E-state index in [1.165, 1.54) is 5.56 Å². The molecule has 0 radical (unpaired) electrons. The Morgan fingerprint density at radius 3 is 2.71 bits per heavy atom. The molecule has 0 N–H and O–H groups in total. The standard InChI is InChI=1S/C11H15BrO2/c1-8-4-5-11(10(12)6-8)14-7-9(2)13-3/h4-6,9H,7H2,1-3H3/t9-/m0/s1. The van der Waals surface area contributed by atoms with Crippen molar-refractivity contribution in [1.29, 1.82) is 0 Å². The Bertz CT molecular complexity index is 299. The Morgan fingerprint density at radius 1 is 1.43 bits per heavy atom. The van der Waals surface area contributed by atoms with Crippen LogP contribution in [0.5, 0.6) is 5.75 Å². The molecule has 0 saturated heterocycles. The van der Waals surface area contributed by atoms with Gasteiger partial charge in [-0.25, -0.2) is 0 Å². The molecule has 0 heterocycles. The van der Waals surface area contributed by atoms with Crippen LogP contribution in [0.4, 0.5) is 0 Å². The summed E-state index contributed by atoms with van der Waals surface area (Å²) in [6.07, 6.45) is 0.114. The van der Waals surface area contributed by atoms with Crippen LogP contribution in [0.25, 0.3) is 0 Å². The molecule has 0 spiro atoms. The highest BCUT2D eigenvalue weighted by atomic mass is 79.9. The van der Waals surface area contributed by atoms with Crippen LogP contribution in [0.15, 0.2) is 22.7 Å². The SMILES string of the molecule is CO[C@@H](C)COc1ccc(C)cc1Br. The highest BCUT2D eigenvalue weighted by Gasteiger charge is 2.04. The summed E-state index contributed by atoms with van der Waals surface area (Å²) in [6, 6.07) is 6.02. The predicted molar refractivity (Wildman–Crippen MR) is 60.8 cm³/mol. The molecule has 0 aliphatic carbocycles. The summed E-state index contributed by atoms with van der Waals surface area (Å²) in [5.41, 5.74) is 1.21. The third-order valence-electron chi connectivity index (χ3n) is 1.96. The van der Waals surface area contributed by atoms with Crippen molar-refractivity contribution in [2.24, 2.45) is 0 Å². The molecule has 0 aliphatic heterocycles. The van der Waals surface area contributed by atoms with E-state index in [-0.39, 0.29) is 6.10 Å². The first kappa shape index (κ1) is 11.5. The lowest BCUT2D eigenvalue weighted by molar-refractivity contribution is 0.0714. The molecule has 0 amide bonds. The molecule has 3 heteroatoms. The number of benzene rings is 1. The summed E-state index contributed by atoms with van der Waals surface area (Å²) in [5, 5.41) is 0. The number of halogens is 1. The van der Waals surface area contributed by atoms with E-state index < -0.39 is 0 Å². The first-order valence-electron chi connectivity index (χ1n) is 4.55. The molecule has 0 bridgehead atoms. The van der Waals surface area contributed by atoms with E-state index in [0.717, 1.165) is 10.2 Å². The minimum atomic E-state index is 0.114. The van der Waals surface area contributed by atoms with Gasteiger partial charge in [-0.2, -0.15) is 0 Å². The number of aryl methyl sites for hydroxylation is 1. The molecule has 2 nitrogen and oxygen atoms in total. The molecule has 0 aromatic heterocycles. The van der Waals surface area contributed by atoms with Gasteiger partial charge < -0.3 is 9.47 Å². The fraction of sp³-hybridized carbons (Fsp3) is 0.455. The molecule has 0 fully saturated rings. The molecule has 0 saturated carbocycles. The molecule has 14 heavy (non-hydrogen) atoms. The topological polar surface area (TPSA) is 18.5 Å². The van der Waals surface area contributed by atoms with Crippen molar-refractivity contribution in [1.82, 2.24) is 0 Å².